The summed E-state index contributed by atoms with van der Waals surface area (Å²) in [6.07, 6.45) is 0.131. The molecule has 0 bridgehead atoms. The Morgan fingerprint density at radius 2 is 2.17 bits per heavy atom. The number of thioether (sulfide) groups is 1. The molecule has 24 heavy (non-hydrogen) atoms. The van der Waals surface area contributed by atoms with Crippen LogP contribution in [0, 0.1) is 0 Å². The largest absolute Gasteiger partial charge is 0.461 e. The van der Waals surface area contributed by atoms with Gasteiger partial charge in [-0.3, -0.25) is 4.79 Å². The average molecular weight is 388 g/mol. The van der Waals surface area contributed by atoms with E-state index in [0.29, 0.717) is 33.5 Å². The summed E-state index contributed by atoms with van der Waals surface area (Å²) in [6, 6.07) is 5.21. The van der Waals surface area contributed by atoms with Crippen LogP contribution in [0.4, 0.5) is 0 Å². The van der Waals surface area contributed by atoms with Crippen molar-refractivity contribution in [2.75, 3.05) is 18.1 Å². The molecular formula is C17H19Cl2NO3S. The lowest BCUT2D eigenvalue weighted by Gasteiger charge is -2.27. The number of amides is 1. The summed E-state index contributed by atoms with van der Waals surface area (Å²) in [4.78, 5) is 24.5. The zero-order valence-corrected chi connectivity index (χ0v) is 15.9. The Bertz CT molecular complexity index is 676. The second-order valence-corrected chi connectivity index (χ2v) is 7.50. The van der Waals surface area contributed by atoms with Crippen LogP contribution in [0.25, 0.3) is 0 Å². The van der Waals surface area contributed by atoms with Crippen molar-refractivity contribution in [2.45, 2.75) is 26.2 Å². The second-order valence-electron chi connectivity index (χ2n) is 5.32. The van der Waals surface area contributed by atoms with E-state index in [4.69, 9.17) is 27.9 Å². The molecule has 1 unspecified atom stereocenters. The van der Waals surface area contributed by atoms with Gasteiger partial charge in [-0.15, -0.1) is 0 Å². The van der Waals surface area contributed by atoms with Gasteiger partial charge in [0.25, 0.3) is 0 Å². The van der Waals surface area contributed by atoms with Gasteiger partial charge in [-0.2, -0.15) is 11.8 Å². The Kier molecular flexibility index (Phi) is 7.02. The van der Waals surface area contributed by atoms with Gasteiger partial charge in [-0.1, -0.05) is 42.3 Å². The molecule has 130 valence electrons. The number of rotatable bonds is 6. The number of carbonyl (C=O) groups is 2. The Morgan fingerprint density at radius 1 is 1.42 bits per heavy atom. The van der Waals surface area contributed by atoms with Gasteiger partial charge in [-0.25, -0.2) is 4.79 Å². The van der Waals surface area contributed by atoms with Crippen LogP contribution in [0.2, 0.25) is 10.0 Å². The van der Waals surface area contributed by atoms with Gasteiger partial charge in [0.05, 0.1) is 15.6 Å². The van der Waals surface area contributed by atoms with E-state index in [1.54, 1.807) is 36.9 Å². The van der Waals surface area contributed by atoms with E-state index in [9.17, 15) is 9.59 Å². The first-order valence-corrected chi connectivity index (χ1v) is 9.56. The van der Waals surface area contributed by atoms with Gasteiger partial charge < -0.3 is 10.1 Å². The minimum absolute atomic E-state index is 0.131. The van der Waals surface area contributed by atoms with E-state index in [2.05, 4.69) is 5.32 Å². The summed E-state index contributed by atoms with van der Waals surface area (Å²) < 4.78 is 5.37. The predicted octanol–water partition coefficient (Wildman–Crippen LogP) is 4.17. The highest BCUT2D eigenvalue weighted by molar-refractivity contribution is 7.99. The molecule has 1 aliphatic rings. The summed E-state index contributed by atoms with van der Waals surface area (Å²) in [5, 5.41) is 3.46. The van der Waals surface area contributed by atoms with Crippen molar-refractivity contribution in [3.8, 4) is 0 Å². The van der Waals surface area contributed by atoms with Gasteiger partial charge in [0.15, 0.2) is 0 Å². The maximum Gasteiger partial charge on any atom is 0.336 e. The molecular weight excluding hydrogens is 369 g/mol. The minimum atomic E-state index is -0.462. The molecule has 0 aliphatic carbocycles. The van der Waals surface area contributed by atoms with Crippen molar-refractivity contribution < 1.29 is 14.3 Å². The number of benzene rings is 1. The standard InChI is InChI=1S/C17H19Cl2NO3S/c1-3-24-8-7-23-17(22)15-10(2)20-14(21)9-12(15)11-5-4-6-13(18)16(11)19/h4-6,12H,3,7-9H2,1-2H3,(H,20,21). The number of hydrogen-bond acceptors (Lipinski definition) is 4. The molecule has 0 saturated carbocycles. The SMILES string of the molecule is CCSCCOC(=O)C1=C(C)NC(=O)CC1c1cccc(Cl)c1Cl. The first kappa shape index (κ1) is 19.2. The number of allylic oxidation sites excluding steroid dienone is 1. The zero-order chi connectivity index (χ0) is 17.7. The predicted molar refractivity (Wildman–Crippen MR) is 98.6 cm³/mol. The molecule has 0 fully saturated rings. The molecule has 1 atom stereocenters. The highest BCUT2D eigenvalue weighted by Gasteiger charge is 2.34. The lowest BCUT2D eigenvalue weighted by molar-refractivity contribution is -0.139. The van der Waals surface area contributed by atoms with Crippen molar-refractivity contribution in [3.05, 3.63) is 45.1 Å². The topological polar surface area (TPSA) is 55.4 Å². The monoisotopic (exact) mass is 387 g/mol. The van der Waals surface area contributed by atoms with Crippen LogP contribution in [-0.4, -0.2) is 30.0 Å². The Balaban J connectivity index is 2.30. The molecule has 4 nitrogen and oxygen atoms in total. The van der Waals surface area contributed by atoms with Gasteiger partial charge in [-0.05, 0) is 24.3 Å². The van der Waals surface area contributed by atoms with Crippen molar-refractivity contribution in [1.29, 1.82) is 0 Å². The van der Waals surface area contributed by atoms with Crippen LogP contribution in [0.3, 0.4) is 0 Å². The fourth-order valence-corrected chi connectivity index (χ4v) is 3.57. The quantitative estimate of drug-likeness (QED) is 0.587. The van der Waals surface area contributed by atoms with Gasteiger partial charge in [0, 0.05) is 23.8 Å². The molecule has 2 rings (SSSR count). The average Bonchev–Trinajstić information content (AvgIpc) is 2.53. The number of esters is 1. The molecule has 7 heteroatoms. The zero-order valence-electron chi connectivity index (χ0n) is 13.5. The Morgan fingerprint density at radius 3 is 2.88 bits per heavy atom. The third-order valence-electron chi connectivity index (χ3n) is 3.71. The highest BCUT2D eigenvalue weighted by Crippen LogP contribution is 2.39. The van der Waals surface area contributed by atoms with Gasteiger partial charge in [0.1, 0.15) is 6.61 Å². The van der Waals surface area contributed by atoms with Crippen LogP contribution in [0.15, 0.2) is 29.5 Å². The van der Waals surface area contributed by atoms with Crippen molar-refractivity contribution in [1.82, 2.24) is 5.32 Å². The fraction of sp³-hybridized carbons (Fsp3) is 0.412. The minimum Gasteiger partial charge on any atom is -0.461 e. The lowest BCUT2D eigenvalue weighted by atomic mass is 9.84. The maximum absolute atomic E-state index is 12.5. The first-order valence-electron chi connectivity index (χ1n) is 7.65. The van der Waals surface area contributed by atoms with Crippen LogP contribution >= 0.6 is 35.0 Å². The Hall–Kier alpha value is -1.17. The third-order valence-corrected chi connectivity index (χ3v) is 5.41. The maximum atomic E-state index is 12.5. The molecule has 1 N–H and O–H groups in total. The van der Waals surface area contributed by atoms with E-state index >= 15 is 0 Å². The lowest BCUT2D eigenvalue weighted by Crippen LogP contribution is -2.34. The molecule has 1 aromatic carbocycles. The van der Waals surface area contributed by atoms with E-state index in [1.807, 2.05) is 6.92 Å². The first-order chi connectivity index (χ1) is 11.5. The van der Waals surface area contributed by atoms with E-state index in [1.165, 1.54) is 0 Å². The van der Waals surface area contributed by atoms with E-state index in [-0.39, 0.29) is 12.3 Å². The second kappa shape index (κ2) is 8.79. The molecule has 1 aromatic rings. The van der Waals surface area contributed by atoms with Gasteiger partial charge >= 0.3 is 5.97 Å². The smallest absolute Gasteiger partial charge is 0.336 e. The molecule has 1 amide bonds. The number of hydrogen-bond donors (Lipinski definition) is 1. The summed E-state index contributed by atoms with van der Waals surface area (Å²) in [6.45, 7) is 4.07. The molecule has 0 spiro atoms. The third kappa shape index (κ3) is 4.47. The molecule has 1 heterocycles. The molecule has 0 saturated heterocycles. The molecule has 0 radical (unpaired) electrons. The summed E-state index contributed by atoms with van der Waals surface area (Å²) in [5.41, 5.74) is 1.59. The summed E-state index contributed by atoms with van der Waals surface area (Å²) in [7, 11) is 0. The highest BCUT2D eigenvalue weighted by atomic mass is 35.5. The van der Waals surface area contributed by atoms with Crippen molar-refractivity contribution in [3.63, 3.8) is 0 Å². The number of ether oxygens (including phenoxy) is 1. The molecule has 1 aliphatic heterocycles. The van der Waals surface area contributed by atoms with Crippen molar-refractivity contribution >= 4 is 46.8 Å². The number of nitrogens with one attached hydrogen (secondary N) is 1. The van der Waals surface area contributed by atoms with Crippen LogP contribution in [-0.2, 0) is 14.3 Å². The number of carbonyl (C=O) groups excluding carboxylic acids is 2. The van der Waals surface area contributed by atoms with Crippen molar-refractivity contribution in [2.24, 2.45) is 0 Å². The normalized spacial score (nSPS) is 17.7. The van der Waals surface area contributed by atoms with Crippen LogP contribution in [0.1, 0.15) is 31.7 Å². The Labute approximate surface area is 155 Å². The summed E-state index contributed by atoms with van der Waals surface area (Å²) >= 11 is 14.1. The molecule has 0 aromatic heterocycles. The van der Waals surface area contributed by atoms with Crippen LogP contribution < -0.4 is 5.32 Å². The van der Waals surface area contributed by atoms with E-state index < -0.39 is 11.9 Å². The van der Waals surface area contributed by atoms with Gasteiger partial charge in [0.2, 0.25) is 5.91 Å². The van der Waals surface area contributed by atoms with E-state index in [0.717, 1.165) is 11.5 Å². The number of halogens is 2. The summed E-state index contributed by atoms with van der Waals surface area (Å²) in [5.74, 6) is 0.660. The van der Waals surface area contributed by atoms with Crippen LogP contribution in [0.5, 0.6) is 0 Å². The fourth-order valence-electron chi connectivity index (χ4n) is 2.64.